The van der Waals surface area contributed by atoms with Gasteiger partial charge >= 0.3 is 0 Å². The van der Waals surface area contributed by atoms with Crippen molar-refractivity contribution >= 4 is 17.5 Å². The van der Waals surface area contributed by atoms with Crippen LogP contribution in [-0.2, 0) is 4.79 Å². The van der Waals surface area contributed by atoms with Crippen molar-refractivity contribution in [2.24, 2.45) is 5.92 Å². The highest BCUT2D eigenvalue weighted by Crippen LogP contribution is 2.30. The molecule has 0 bridgehead atoms. The van der Waals surface area contributed by atoms with Crippen LogP contribution in [0.5, 0.6) is 0 Å². The lowest BCUT2D eigenvalue weighted by atomic mass is 10.0. The highest BCUT2D eigenvalue weighted by atomic mass is 16.2. The Morgan fingerprint density at radius 2 is 1.72 bits per heavy atom. The van der Waals surface area contributed by atoms with Gasteiger partial charge in [-0.3, -0.25) is 9.59 Å². The maximum Gasteiger partial charge on any atom is 0.252 e. The molecule has 4 heteroatoms. The largest absolute Gasteiger partial charge is 0.346 e. The van der Waals surface area contributed by atoms with Crippen LogP contribution in [0.3, 0.4) is 0 Å². The number of nitrogens with one attached hydrogen (secondary N) is 2. The van der Waals surface area contributed by atoms with Crippen LogP contribution in [0, 0.1) is 19.8 Å². The molecule has 0 aliphatic heterocycles. The molecule has 0 saturated heterocycles. The van der Waals surface area contributed by atoms with Gasteiger partial charge in [-0.2, -0.15) is 0 Å². The van der Waals surface area contributed by atoms with Crippen LogP contribution in [-0.4, -0.2) is 11.8 Å². The van der Waals surface area contributed by atoms with Crippen molar-refractivity contribution in [3.63, 3.8) is 0 Å². The van der Waals surface area contributed by atoms with Crippen molar-refractivity contribution in [1.82, 2.24) is 5.32 Å². The zero-order valence-electron chi connectivity index (χ0n) is 14.9. The Balaban J connectivity index is 1.63. The van der Waals surface area contributed by atoms with Gasteiger partial charge in [-0.1, -0.05) is 29.8 Å². The molecule has 1 saturated carbocycles. The van der Waals surface area contributed by atoms with Crippen molar-refractivity contribution < 1.29 is 9.59 Å². The maximum absolute atomic E-state index is 12.5. The third-order valence-electron chi connectivity index (χ3n) is 4.60. The molecule has 2 aromatic rings. The fourth-order valence-corrected chi connectivity index (χ4v) is 2.87. The number of amides is 2. The Bertz CT molecular complexity index is 792. The molecule has 130 valence electrons. The van der Waals surface area contributed by atoms with Gasteiger partial charge in [0.2, 0.25) is 5.91 Å². The smallest absolute Gasteiger partial charge is 0.252 e. The number of carbonyl (C=O) groups excluding carboxylic acids is 2. The lowest BCUT2D eigenvalue weighted by Crippen LogP contribution is -2.27. The van der Waals surface area contributed by atoms with E-state index < -0.39 is 0 Å². The van der Waals surface area contributed by atoms with E-state index in [9.17, 15) is 9.59 Å². The molecule has 0 spiro atoms. The summed E-state index contributed by atoms with van der Waals surface area (Å²) in [5.74, 6) is 0.218. The molecule has 1 aliphatic carbocycles. The average Bonchev–Trinajstić information content (AvgIpc) is 3.40. The number of hydrogen-bond acceptors (Lipinski definition) is 2. The first kappa shape index (κ1) is 17.2. The average molecular weight is 336 g/mol. The summed E-state index contributed by atoms with van der Waals surface area (Å²) in [6, 6.07) is 13.4. The van der Waals surface area contributed by atoms with E-state index in [1.165, 1.54) is 0 Å². The van der Waals surface area contributed by atoms with Crippen LogP contribution in [0.2, 0.25) is 0 Å². The molecule has 0 radical (unpaired) electrons. The highest BCUT2D eigenvalue weighted by Gasteiger charge is 2.29. The van der Waals surface area contributed by atoms with Crippen molar-refractivity contribution in [2.75, 3.05) is 5.32 Å². The number of hydrogen-bond donors (Lipinski definition) is 2. The topological polar surface area (TPSA) is 58.2 Å². The lowest BCUT2D eigenvalue weighted by Gasteiger charge is -2.16. The van der Waals surface area contributed by atoms with Gasteiger partial charge < -0.3 is 10.6 Å². The molecule has 1 aliphatic rings. The van der Waals surface area contributed by atoms with Gasteiger partial charge in [0.05, 0.1) is 6.04 Å². The summed E-state index contributed by atoms with van der Waals surface area (Å²) < 4.78 is 0. The molecule has 25 heavy (non-hydrogen) atoms. The lowest BCUT2D eigenvalue weighted by molar-refractivity contribution is -0.117. The molecule has 2 aromatic carbocycles. The SMILES string of the molecule is Cc1ccc(C(=O)NC(C)c2ccc(NC(=O)C3CC3)cc2)c(C)c1. The molecule has 1 unspecified atom stereocenters. The van der Waals surface area contributed by atoms with E-state index in [1.54, 1.807) is 0 Å². The van der Waals surface area contributed by atoms with Gasteiger partial charge in [-0.25, -0.2) is 0 Å². The molecule has 0 heterocycles. The maximum atomic E-state index is 12.5. The second-order valence-corrected chi connectivity index (χ2v) is 6.90. The Hall–Kier alpha value is -2.62. The molecule has 4 nitrogen and oxygen atoms in total. The Morgan fingerprint density at radius 1 is 1.04 bits per heavy atom. The third-order valence-corrected chi connectivity index (χ3v) is 4.60. The summed E-state index contributed by atoms with van der Waals surface area (Å²) in [4.78, 5) is 24.3. The van der Waals surface area contributed by atoms with E-state index >= 15 is 0 Å². The van der Waals surface area contributed by atoms with Crippen molar-refractivity contribution in [3.8, 4) is 0 Å². The molecule has 0 aromatic heterocycles. The first-order valence-electron chi connectivity index (χ1n) is 8.73. The highest BCUT2D eigenvalue weighted by molar-refractivity contribution is 5.96. The molecular formula is C21H24N2O2. The van der Waals surface area contributed by atoms with Crippen LogP contribution in [0.1, 0.15) is 52.9 Å². The van der Waals surface area contributed by atoms with Crippen LogP contribution >= 0.6 is 0 Å². The second kappa shape index (κ2) is 7.09. The predicted octanol–water partition coefficient (Wildman–Crippen LogP) is 4.14. The van der Waals surface area contributed by atoms with Crippen molar-refractivity contribution in [1.29, 1.82) is 0 Å². The van der Waals surface area contributed by atoms with Gasteiger partial charge in [-0.15, -0.1) is 0 Å². The van der Waals surface area contributed by atoms with Crippen LogP contribution in [0.4, 0.5) is 5.69 Å². The number of rotatable bonds is 5. The second-order valence-electron chi connectivity index (χ2n) is 6.90. The molecule has 2 N–H and O–H groups in total. The van der Waals surface area contributed by atoms with E-state index in [2.05, 4.69) is 10.6 Å². The molecule has 2 amide bonds. The minimum absolute atomic E-state index is 0.0730. The number of anilines is 1. The normalized spacial score (nSPS) is 14.7. The number of carbonyl (C=O) groups is 2. The summed E-state index contributed by atoms with van der Waals surface area (Å²) in [6.07, 6.45) is 1.98. The summed E-state index contributed by atoms with van der Waals surface area (Å²) in [5, 5.41) is 5.96. The summed E-state index contributed by atoms with van der Waals surface area (Å²) in [5.41, 5.74) is 4.62. The molecule has 3 rings (SSSR count). The molecule has 1 fully saturated rings. The zero-order chi connectivity index (χ0) is 18.0. The quantitative estimate of drug-likeness (QED) is 0.862. The summed E-state index contributed by atoms with van der Waals surface area (Å²) >= 11 is 0. The van der Waals surface area contributed by atoms with E-state index in [0.717, 1.165) is 35.2 Å². The Labute approximate surface area is 148 Å². The van der Waals surface area contributed by atoms with Gasteiger partial charge in [-0.05, 0) is 62.9 Å². The van der Waals surface area contributed by atoms with E-state index in [4.69, 9.17) is 0 Å². The first-order chi connectivity index (χ1) is 11.9. The number of benzene rings is 2. The van der Waals surface area contributed by atoms with Gasteiger partial charge in [0.1, 0.15) is 0 Å². The minimum atomic E-state index is -0.110. The van der Waals surface area contributed by atoms with E-state index in [-0.39, 0.29) is 23.8 Å². The standard InChI is InChI=1S/C21H24N2O2/c1-13-4-11-19(14(2)12-13)21(25)22-15(3)16-7-9-18(10-8-16)23-20(24)17-5-6-17/h4,7-12,15,17H,5-6H2,1-3H3,(H,22,25)(H,23,24). The zero-order valence-corrected chi connectivity index (χ0v) is 14.9. The fourth-order valence-electron chi connectivity index (χ4n) is 2.87. The van der Waals surface area contributed by atoms with E-state index in [1.807, 2.05) is 63.2 Å². The fraction of sp³-hybridized carbons (Fsp3) is 0.333. The van der Waals surface area contributed by atoms with E-state index in [0.29, 0.717) is 5.56 Å². The molecule has 1 atom stereocenters. The summed E-state index contributed by atoms with van der Waals surface area (Å²) in [7, 11) is 0. The Kier molecular flexibility index (Phi) is 4.88. The van der Waals surface area contributed by atoms with Crippen molar-refractivity contribution in [3.05, 3.63) is 64.7 Å². The predicted molar refractivity (Wildman–Crippen MR) is 99.6 cm³/mol. The van der Waals surface area contributed by atoms with Crippen LogP contribution in [0.15, 0.2) is 42.5 Å². The van der Waals surface area contributed by atoms with Gasteiger partial charge in [0.25, 0.3) is 5.91 Å². The monoisotopic (exact) mass is 336 g/mol. The van der Waals surface area contributed by atoms with Gasteiger partial charge in [0.15, 0.2) is 0 Å². The molecular weight excluding hydrogens is 312 g/mol. The first-order valence-corrected chi connectivity index (χ1v) is 8.73. The summed E-state index contributed by atoms with van der Waals surface area (Å²) in [6.45, 7) is 5.92. The minimum Gasteiger partial charge on any atom is -0.346 e. The third kappa shape index (κ3) is 4.27. The van der Waals surface area contributed by atoms with Crippen LogP contribution < -0.4 is 10.6 Å². The number of aryl methyl sites for hydroxylation is 2. The Morgan fingerprint density at radius 3 is 2.32 bits per heavy atom. The van der Waals surface area contributed by atoms with Gasteiger partial charge in [0, 0.05) is 17.2 Å². The van der Waals surface area contributed by atoms with Crippen molar-refractivity contribution in [2.45, 2.75) is 39.7 Å². The van der Waals surface area contributed by atoms with Crippen LogP contribution in [0.25, 0.3) is 0 Å².